The van der Waals surface area contributed by atoms with E-state index in [0.29, 0.717) is 23.5 Å². The van der Waals surface area contributed by atoms with Gasteiger partial charge < -0.3 is 30.3 Å². The van der Waals surface area contributed by atoms with Crippen molar-refractivity contribution >= 4 is 17.6 Å². The third-order valence-corrected chi connectivity index (χ3v) is 8.65. The Balaban J connectivity index is 1.50. The van der Waals surface area contributed by atoms with E-state index in [0.717, 1.165) is 44.7 Å². The number of urea groups is 1. The number of likely N-dealkylation sites (N-methyl/N-ethyl adjacent to an activating group) is 1. The number of ether oxygens (including phenoxy) is 1. The van der Waals surface area contributed by atoms with Crippen LogP contribution in [0, 0.1) is 11.8 Å². The van der Waals surface area contributed by atoms with Crippen LogP contribution in [0.2, 0.25) is 0 Å². The van der Waals surface area contributed by atoms with Crippen LogP contribution in [0.25, 0.3) is 0 Å². The van der Waals surface area contributed by atoms with Gasteiger partial charge in [0.15, 0.2) is 0 Å². The molecule has 212 valence electrons. The number of hydrogen-bond acceptors (Lipinski definition) is 5. The first-order valence-electron chi connectivity index (χ1n) is 14.8. The lowest BCUT2D eigenvalue weighted by molar-refractivity contribution is 0.0330. The molecule has 2 fully saturated rings. The minimum Gasteiger partial charge on any atom is -0.488 e. The maximum absolute atomic E-state index is 13.7. The molecule has 0 unspecified atom stereocenters. The van der Waals surface area contributed by atoms with Gasteiger partial charge in [-0.2, -0.15) is 0 Å². The van der Waals surface area contributed by atoms with Gasteiger partial charge in [-0.3, -0.25) is 4.79 Å². The van der Waals surface area contributed by atoms with E-state index in [1.54, 1.807) is 23.1 Å². The van der Waals surface area contributed by atoms with Crippen molar-refractivity contribution in [2.75, 3.05) is 38.6 Å². The number of amides is 3. The summed E-state index contributed by atoms with van der Waals surface area (Å²) in [5, 5.41) is 15.9. The van der Waals surface area contributed by atoms with Gasteiger partial charge in [0, 0.05) is 37.3 Å². The molecular formula is C30H48N4O4. The fourth-order valence-electron chi connectivity index (χ4n) is 6.31. The molecule has 3 aliphatic rings. The fourth-order valence-corrected chi connectivity index (χ4v) is 6.31. The molecule has 3 amide bonds. The molecule has 8 heteroatoms. The summed E-state index contributed by atoms with van der Waals surface area (Å²) in [5.74, 6) is 1.18. The number of nitrogens with zero attached hydrogens (tertiary/aromatic N) is 2. The maximum atomic E-state index is 13.7. The Labute approximate surface area is 228 Å². The van der Waals surface area contributed by atoms with Crippen LogP contribution in [-0.2, 0) is 0 Å². The average Bonchev–Trinajstić information content (AvgIpc) is 2.91. The van der Waals surface area contributed by atoms with Crippen LogP contribution >= 0.6 is 0 Å². The SMILES string of the molecule is C[C@@H]1CN([C@H](C)CO)C(=O)c2cc(NC(=O)NC3CCCCC3)ccc2O[C@@H]1CN(C)CC1CCCCC1. The van der Waals surface area contributed by atoms with Gasteiger partial charge in [0.25, 0.3) is 5.91 Å². The Morgan fingerprint density at radius 3 is 2.47 bits per heavy atom. The van der Waals surface area contributed by atoms with Crippen molar-refractivity contribution in [3.63, 3.8) is 0 Å². The highest BCUT2D eigenvalue weighted by Gasteiger charge is 2.34. The maximum Gasteiger partial charge on any atom is 0.319 e. The molecule has 2 aliphatic carbocycles. The molecule has 1 aromatic carbocycles. The van der Waals surface area contributed by atoms with Crippen molar-refractivity contribution in [1.82, 2.24) is 15.1 Å². The second kappa shape index (κ2) is 13.7. The molecule has 0 radical (unpaired) electrons. The number of nitrogens with one attached hydrogen (secondary N) is 2. The third-order valence-electron chi connectivity index (χ3n) is 8.65. The number of aliphatic hydroxyl groups is 1. The van der Waals surface area contributed by atoms with Crippen molar-refractivity contribution in [3.05, 3.63) is 23.8 Å². The predicted molar refractivity (Wildman–Crippen MR) is 151 cm³/mol. The van der Waals surface area contributed by atoms with Crippen LogP contribution in [-0.4, -0.2) is 78.3 Å². The van der Waals surface area contributed by atoms with Gasteiger partial charge in [-0.25, -0.2) is 4.79 Å². The van der Waals surface area contributed by atoms with E-state index in [-0.39, 0.29) is 42.7 Å². The number of rotatable bonds is 8. The highest BCUT2D eigenvalue weighted by Crippen LogP contribution is 2.31. The van der Waals surface area contributed by atoms with Crippen LogP contribution in [0.5, 0.6) is 5.75 Å². The molecule has 0 spiro atoms. The van der Waals surface area contributed by atoms with Crippen LogP contribution < -0.4 is 15.4 Å². The topological polar surface area (TPSA) is 94.1 Å². The number of carbonyl (C=O) groups is 2. The molecule has 3 N–H and O–H groups in total. The van der Waals surface area contributed by atoms with Gasteiger partial charge >= 0.3 is 6.03 Å². The molecule has 38 heavy (non-hydrogen) atoms. The molecule has 0 bridgehead atoms. The number of fused-ring (bicyclic) bond motifs is 1. The number of hydrogen-bond donors (Lipinski definition) is 3. The lowest BCUT2D eigenvalue weighted by atomic mass is 9.89. The van der Waals surface area contributed by atoms with E-state index in [9.17, 15) is 14.7 Å². The van der Waals surface area contributed by atoms with Crippen molar-refractivity contribution in [2.45, 2.75) is 96.2 Å². The summed E-state index contributed by atoms with van der Waals surface area (Å²) in [7, 11) is 2.17. The minimum atomic E-state index is -0.317. The van der Waals surface area contributed by atoms with Crippen molar-refractivity contribution < 1.29 is 19.4 Å². The summed E-state index contributed by atoms with van der Waals surface area (Å²) in [6.45, 7) is 6.23. The molecule has 0 aromatic heterocycles. The van der Waals surface area contributed by atoms with E-state index in [1.165, 1.54) is 38.5 Å². The Morgan fingerprint density at radius 2 is 1.79 bits per heavy atom. The first-order valence-corrected chi connectivity index (χ1v) is 14.8. The zero-order valence-electron chi connectivity index (χ0n) is 23.6. The Morgan fingerprint density at radius 1 is 1.11 bits per heavy atom. The minimum absolute atomic E-state index is 0.0916. The molecule has 8 nitrogen and oxygen atoms in total. The van der Waals surface area contributed by atoms with Crippen molar-refractivity contribution in [1.29, 1.82) is 0 Å². The van der Waals surface area contributed by atoms with E-state index >= 15 is 0 Å². The number of anilines is 1. The normalized spacial score (nSPS) is 24.2. The van der Waals surface area contributed by atoms with Crippen LogP contribution in [0.3, 0.4) is 0 Å². The molecule has 1 heterocycles. The fraction of sp³-hybridized carbons (Fsp3) is 0.733. The summed E-state index contributed by atoms with van der Waals surface area (Å²) in [6.07, 6.45) is 12.0. The summed E-state index contributed by atoms with van der Waals surface area (Å²) in [5.41, 5.74) is 0.984. The summed E-state index contributed by atoms with van der Waals surface area (Å²) >= 11 is 0. The molecule has 1 aromatic rings. The highest BCUT2D eigenvalue weighted by atomic mass is 16.5. The second-order valence-corrected chi connectivity index (χ2v) is 12.0. The monoisotopic (exact) mass is 528 g/mol. The molecule has 2 saturated carbocycles. The Hall–Kier alpha value is -2.32. The first kappa shape index (κ1) is 28.7. The van der Waals surface area contributed by atoms with Crippen LogP contribution in [0.1, 0.15) is 88.4 Å². The number of benzene rings is 1. The zero-order chi connectivity index (χ0) is 27.1. The highest BCUT2D eigenvalue weighted by molar-refractivity contribution is 5.99. The number of carbonyl (C=O) groups excluding carboxylic acids is 2. The molecule has 4 rings (SSSR count). The third kappa shape index (κ3) is 7.63. The molecule has 3 atom stereocenters. The van der Waals surface area contributed by atoms with E-state index in [2.05, 4.69) is 29.5 Å². The van der Waals surface area contributed by atoms with Gasteiger partial charge in [0.05, 0.1) is 18.2 Å². The van der Waals surface area contributed by atoms with Gasteiger partial charge in [-0.15, -0.1) is 0 Å². The molecule has 0 saturated heterocycles. The second-order valence-electron chi connectivity index (χ2n) is 12.0. The first-order chi connectivity index (χ1) is 18.3. The van der Waals surface area contributed by atoms with Crippen molar-refractivity contribution in [3.8, 4) is 5.75 Å². The molecule has 1 aliphatic heterocycles. The van der Waals surface area contributed by atoms with Gasteiger partial charge in [0.1, 0.15) is 11.9 Å². The largest absolute Gasteiger partial charge is 0.488 e. The number of aliphatic hydroxyl groups excluding tert-OH is 1. The van der Waals surface area contributed by atoms with Gasteiger partial charge in [-0.05, 0) is 63.8 Å². The summed E-state index contributed by atoms with van der Waals surface area (Å²) in [6, 6.07) is 4.97. The summed E-state index contributed by atoms with van der Waals surface area (Å²) < 4.78 is 6.54. The average molecular weight is 529 g/mol. The van der Waals surface area contributed by atoms with Crippen LogP contribution in [0.4, 0.5) is 10.5 Å². The standard InChI is InChI=1S/C30H48N4O4/c1-21-17-34(22(2)20-35)29(36)26-16-25(32-30(37)31-24-12-8-5-9-13-24)14-15-27(26)38-28(21)19-33(3)18-23-10-6-4-7-11-23/h14-16,21-24,28,35H,4-13,17-20H2,1-3H3,(H2,31,32,37)/t21-,22-,28-/m1/s1. The summed E-state index contributed by atoms with van der Waals surface area (Å²) in [4.78, 5) is 30.5. The van der Waals surface area contributed by atoms with E-state index in [1.807, 2.05) is 6.92 Å². The van der Waals surface area contributed by atoms with Gasteiger partial charge in [-0.1, -0.05) is 45.4 Å². The Kier molecular flexibility index (Phi) is 10.3. The predicted octanol–water partition coefficient (Wildman–Crippen LogP) is 4.87. The van der Waals surface area contributed by atoms with Crippen LogP contribution in [0.15, 0.2) is 18.2 Å². The quantitative estimate of drug-likeness (QED) is 0.447. The lowest BCUT2D eigenvalue weighted by Crippen LogP contribution is -2.50. The van der Waals surface area contributed by atoms with Crippen molar-refractivity contribution in [2.24, 2.45) is 11.8 Å². The molecular weight excluding hydrogens is 480 g/mol. The lowest BCUT2D eigenvalue weighted by Gasteiger charge is -2.38. The smallest absolute Gasteiger partial charge is 0.319 e. The van der Waals surface area contributed by atoms with Gasteiger partial charge in [0.2, 0.25) is 0 Å². The van der Waals surface area contributed by atoms with E-state index in [4.69, 9.17) is 4.74 Å². The Bertz CT molecular complexity index is 929. The van der Waals surface area contributed by atoms with E-state index < -0.39 is 0 Å². The zero-order valence-corrected chi connectivity index (χ0v) is 23.6.